The average molecular weight is 245 g/mol. The Bertz CT molecular complexity index is 559. The van der Waals surface area contributed by atoms with E-state index in [1.54, 1.807) is 4.90 Å². The molecule has 2 rings (SSSR count). The van der Waals surface area contributed by atoms with Crippen LogP contribution in [0.3, 0.4) is 0 Å². The Kier molecular flexibility index (Phi) is 3.65. The van der Waals surface area contributed by atoms with Gasteiger partial charge in [-0.15, -0.1) is 0 Å². The van der Waals surface area contributed by atoms with Crippen molar-refractivity contribution >= 4 is 16.9 Å². The Morgan fingerprint density at radius 3 is 2.94 bits per heavy atom. The van der Waals surface area contributed by atoms with Crippen LogP contribution in [0, 0.1) is 6.92 Å². The average Bonchev–Trinajstić information content (AvgIpc) is 2.74. The molecule has 1 aromatic heterocycles. The number of benzene rings is 1. The van der Waals surface area contributed by atoms with E-state index in [-0.39, 0.29) is 5.91 Å². The Balaban J connectivity index is 2.32. The first-order valence-electron chi connectivity index (χ1n) is 6.34. The Morgan fingerprint density at radius 1 is 1.44 bits per heavy atom. The van der Waals surface area contributed by atoms with Crippen molar-refractivity contribution in [2.24, 2.45) is 0 Å². The van der Waals surface area contributed by atoms with Gasteiger partial charge in [-0.1, -0.05) is 19.4 Å². The van der Waals surface area contributed by atoms with Gasteiger partial charge in [-0.2, -0.15) is 0 Å². The molecule has 0 saturated heterocycles. The number of aromatic nitrogens is 2. The van der Waals surface area contributed by atoms with E-state index in [1.165, 1.54) is 0 Å². The van der Waals surface area contributed by atoms with Crippen LogP contribution in [0.2, 0.25) is 0 Å². The quantitative estimate of drug-likeness (QED) is 0.900. The molecule has 0 aliphatic carbocycles. The minimum atomic E-state index is 0.0422. The maximum Gasteiger partial charge on any atom is 0.255 e. The third-order valence-corrected chi connectivity index (χ3v) is 3.06. The van der Waals surface area contributed by atoms with E-state index in [2.05, 4.69) is 16.9 Å². The van der Waals surface area contributed by atoms with Crippen LogP contribution in [-0.4, -0.2) is 34.4 Å². The summed E-state index contributed by atoms with van der Waals surface area (Å²) in [6.45, 7) is 4.81. The highest BCUT2D eigenvalue weighted by Gasteiger charge is 2.16. The molecule has 0 unspecified atom stereocenters. The molecule has 96 valence electrons. The summed E-state index contributed by atoms with van der Waals surface area (Å²) in [4.78, 5) is 21.7. The number of carbonyl (C=O) groups excluding carboxylic acids is 1. The third-order valence-electron chi connectivity index (χ3n) is 3.06. The number of amides is 1. The Hall–Kier alpha value is -1.84. The van der Waals surface area contributed by atoms with Crippen molar-refractivity contribution in [3.8, 4) is 0 Å². The summed E-state index contributed by atoms with van der Waals surface area (Å²) in [6, 6.07) is 5.67. The van der Waals surface area contributed by atoms with Gasteiger partial charge in [0, 0.05) is 13.6 Å². The number of aryl methyl sites for hydroxylation is 1. The molecule has 0 saturated carbocycles. The molecule has 0 radical (unpaired) electrons. The molecular weight excluding hydrogens is 226 g/mol. The van der Waals surface area contributed by atoms with Crippen LogP contribution in [0.15, 0.2) is 18.2 Å². The predicted octanol–water partition coefficient (Wildman–Crippen LogP) is 2.74. The lowest BCUT2D eigenvalue weighted by Crippen LogP contribution is -2.27. The molecule has 0 aliphatic heterocycles. The van der Waals surface area contributed by atoms with Crippen LogP contribution >= 0.6 is 0 Å². The SMILES string of the molecule is CCCCN(C)C(=O)c1cccc2[nH]c(C)nc12. The molecule has 4 nitrogen and oxygen atoms in total. The molecule has 2 aromatic rings. The number of hydrogen-bond donors (Lipinski definition) is 1. The van der Waals surface area contributed by atoms with E-state index in [0.717, 1.165) is 36.2 Å². The fraction of sp³-hybridized carbons (Fsp3) is 0.429. The highest BCUT2D eigenvalue weighted by Crippen LogP contribution is 2.17. The van der Waals surface area contributed by atoms with E-state index in [0.29, 0.717) is 5.56 Å². The van der Waals surface area contributed by atoms with E-state index in [1.807, 2.05) is 32.2 Å². The van der Waals surface area contributed by atoms with Crippen LogP contribution in [0.25, 0.3) is 11.0 Å². The number of para-hydroxylation sites is 1. The first-order chi connectivity index (χ1) is 8.63. The summed E-state index contributed by atoms with van der Waals surface area (Å²) in [5.74, 6) is 0.877. The van der Waals surface area contributed by atoms with Gasteiger partial charge in [0.15, 0.2) is 0 Å². The van der Waals surface area contributed by atoms with Gasteiger partial charge < -0.3 is 9.88 Å². The van der Waals surface area contributed by atoms with Gasteiger partial charge in [0.25, 0.3) is 5.91 Å². The third kappa shape index (κ3) is 2.37. The maximum absolute atomic E-state index is 12.3. The fourth-order valence-electron chi connectivity index (χ4n) is 2.03. The number of carbonyl (C=O) groups is 1. The standard InChI is InChI=1S/C14H19N3O/c1-4-5-9-17(3)14(18)11-7-6-8-12-13(11)16-10(2)15-12/h6-8H,4-5,9H2,1-3H3,(H,15,16). The Labute approximate surface area is 107 Å². The van der Waals surface area contributed by atoms with Crippen LogP contribution in [0.1, 0.15) is 35.9 Å². The molecule has 1 aromatic carbocycles. The minimum absolute atomic E-state index is 0.0422. The van der Waals surface area contributed by atoms with Crippen molar-refractivity contribution in [3.63, 3.8) is 0 Å². The summed E-state index contributed by atoms with van der Waals surface area (Å²) in [5, 5.41) is 0. The van der Waals surface area contributed by atoms with Gasteiger partial charge in [-0.25, -0.2) is 4.98 Å². The van der Waals surface area contributed by atoms with Gasteiger partial charge >= 0.3 is 0 Å². The van der Waals surface area contributed by atoms with Gasteiger partial charge in [0.05, 0.1) is 11.1 Å². The minimum Gasteiger partial charge on any atom is -0.342 e. The molecule has 1 N–H and O–H groups in total. The number of H-pyrrole nitrogens is 1. The zero-order valence-corrected chi connectivity index (χ0v) is 11.2. The number of rotatable bonds is 4. The van der Waals surface area contributed by atoms with Crippen LogP contribution in [0.4, 0.5) is 0 Å². The van der Waals surface area contributed by atoms with E-state index in [4.69, 9.17) is 0 Å². The van der Waals surface area contributed by atoms with Crippen LogP contribution < -0.4 is 0 Å². The molecule has 0 bridgehead atoms. The molecule has 0 fully saturated rings. The van der Waals surface area contributed by atoms with E-state index in [9.17, 15) is 4.79 Å². The number of hydrogen-bond acceptors (Lipinski definition) is 2. The Morgan fingerprint density at radius 2 is 2.22 bits per heavy atom. The largest absolute Gasteiger partial charge is 0.342 e. The second-order valence-electron chi connectivity index (χ2n) is 4.60. The van der Waals surface area contributed by atoms with E-state index < -0.39 is 0 Å². The molecule has 0 atom stereocenters. The normalized spacial score (nSPS) is 10.8. The summed E-state index contributed by atoms with van der Waals surface area (Å²) in [5.41, 5.74) is 2.36. The smallest absolute Gasteiger partial charge is 0.255 e. The highest BCUT2D eigenvalue weighted by molar-refractivity contribution is 6.04. The molecule has 1 amide bonds. The number of unbranched alkanes of at least 4 members (excludes halogenated alkanes) is 1. The summed E-state index contributed by atoms with van der Waals surface area (Å²) in [7, 11) is 1.84. The monoisotopic (exact) mass is 245 g/mol. The van der Waals surface area contributed by atoms with Crippen molar-refractivity contribution in [3.05, 3.63) is 29.6 Å². The van der Waals surface area contributed by atoms with Crippen molar-refractivity contribution < 1.29 is 4.79 Å². The summed E-state index contributed by atoms with van der Waals surface area (Å²) < 4.78 is 0. The van der Waals surface area contributed by atoms with Crippen molar-refractivity contribution in [2.75, 3.05) is 13.6 Å². The maximum atomic E-state index is 12.3. The zero-order chi connectivity index (χ0) is 13.1. The molecule has 18 heavy (non-hydrogen) atoms. The van der Waals surface area contributed by atoms with Crippen LogP contribution in [0.5, 0.6) is 0 Å². The molecule has 4 heteroatoms. The zero-order valence-electron chi connectivity index (χ0n) is 11.2. The topological polar surface area (TPSA) is 49.0 Å². The number of nitrogens with one attached hydrogen (secondary N) is 1. The number of fused-ring (bicyclic) bond motifs is 1. The summed E-state index contributed by atoms with van der Waals surface area (Å²) in [6.07, 6.45) is 2.11. The predicted molar refractivity (Wildman–Crippen MR) is 72.7 cm³/mol. The van der Waals surface area contributed by atoms with Crippen molar-refractivity contribution in [1.82, 2.24) is 14.9 Å². The van der Waals surface area contributed by atoms with Gasteiger partial charge in [-0.05, 0) is 25.5 Å². The number of imidazole rings is 1. The lowest BCUT2D eigenvalue weighted by Gasteiger charge is -2.16. The van der Waals surface area contributed by atoms with E-state index >= 15 is 0 Å². The highest BCUT2D eigenvalue weighted by atomic mass is 16.2. The summed E-state index contributed by atoms with van der Waals surface area (Å²) >= 11 is 0. The molecular formula is C14H19N3O. The number of nitrogens with zero attached hydrogens (tertiary/aromatic N) is 2. The molecule has 1 heterocycles. The first-order valence-corrected chi connectivity index (χ1v) is 6.34. The lowest BCUT2D eigenvalue weighted by atomic mass is 10.1. The van der Waals surface area contributed by atoms with Gasteiger partial charge in [0.1, 0.15) is 11.3 Å². The van der Waals surface area contributed by atoms with Gasteiger partial charge in [0.2, 0.25) is 0 Å². The fourth-order valence-corrected chi connectivity index (χ4v) is 2.03. The first kappa shape index (κ1) is 12.6. The van der Waals surface area contributed by atoms with Crippen LogP contribution in [-0.2, 0) is 0 Å². The lowest BCUT2D eigenvalue weighted by molar-refractivity contribution is 0.0795. The molecule has 0 aliphatic rings. The van der Waals surface area contributed by atoms with Crippen molar-refractivity contribution in [1.29, 1.82) is 0 Å². The molecule has 0 spiro atoms. The number of aromatic amines is 1. The second kappa shape index (κ2) is 5.21. The second-order valence-corrected chi connectivity index (χ2v) is 4.60. The van der Waals surface area contributed by atoms with Crippen molar-refractivity contribution in [2.45, 2.75) is 26.7 Å². The van der Waals surface area contributed by atoms with Gasteiger partial charge in [-0.3, -0.25) is 4.79 Å².